The zero-order chi connectivity index (χ0) is 17.7. The Bertz CT molecular complexity index is 638. The summed E-state index contributed by atoms with van der Waals surface area (Å²) in [6, 6.07) is 7.79. The molecule has 25 heavy (non-hydrogen) atoms. The minimum Gasteiger partial charge on any atom is -0.496 e. The summed E-state index contributed by atoms with van der Waals surface area (Å²) < 4.78 is 10.9. The maximum Gasteiger partial charge on any atom is 0.226 e. The number of para-hydroxylation sites is 1. The molecule has 1 aromatic rings. The first kappa shape index (κ1) is 17.7. The smallest absolute Gasteiger partial charge is 0.226 e. The number of carbonyl (C=O) groups excluding carboxylic acids is 1. The number of rotatable bonds is 6. The number of amides is 1. The van der Waals surface area contributed by atoms with Gasteiger partial charge >= 0.3 is 0 Å². The lowest BCUT2D eigenvalue weighted by atomic mass is 9.74. The molecule has 0 unspecified atom stereocenters. The lowest BCUT2D eigenvalue weighted by molar-refractivity contribution is -0.140. The number of hydrogen-bond acceptors (Lipinski definition) is 5. The van der Waals surface area contributed by atoms with Crippen molar-refractivity contribution in [3.05, 3.63) is 29.8 Å². The van der Waals surface area contributed by atoms with Gasteiger partial charge in [-0.3, -0.25) is 4.79 Å². The van der Waals surface area contributed by atoms with Crippen molar-refractivity contribution in [2.24, 2.45) is 10.6 Å². The van der Waals surface area contributed by atoms with Gasteiger partial charge in [0, 0.05) is 38.2 Å². The van der Waals surface area contributed by atoms with Crippen LogP contribution in [0.1, 0.15) is 38.2 Å². The predicted octanol–water partition coefficient (Wildman–Crippen LogP) is 2.51. The summed E-state index contributed by atoms with van der Waals surface area (Å²) in [4.78, 5) is 18.4. The molecule has 1 amide bonds. The van der Waals surface area contributed by atoms with E-state index in [1.54, 1.807) is 7.11 Å². The number of nitrogens with one attached hydrogen (secondary N) is 1. The van der Waals surface area contributed by atoms with Crippen LogP contribution in [0.5, 0.6) is 5.75 Å². The van der Waals surface area contributed by atoms with E-state index in [1.807, 2.05) is 31.2 Å². The van der Waals surface area contributed by atoms with Crippen molar-refractivity contribution in [1.82, 2.24) is 5.32 Å². The van der Waals surface area contributed by atoms with Gasteiger partial charge in [0.05, 0.1) is 18.2 Å². The van der Waals surface area contributed by atoms with Gasteiger partial charge in [0.15, 0.2) is 0 Å². The summed E-state index contributed by atoms with van der Waals surface area (Å²) in [5, 5.41) is 7.26. The van der Waals surface area contributed by atoms with Crippen LogP contribution in [0.25, 0.3) is 0 Å². The van der Waals surface area contributed by atoms with E-state index in [-0.39, 0.29) is 12.0 Å². The predicted molar refractivity (Wildman–Crippen MR) is 94.8 cm³/mol. The number of benzene rings is 1. The SMILES string of the molecule is CCNC(=O)C1(C[C@@H]2CC(c3ccccc3OC)=NO2)CCOCC1. The highest BCUT2D eigenvalue weighted by molar-refractivity contribution is 6.03. The van der Waals surface area contributed by atoms with Gasteiger partial charge in [-0.1, -0.05) is 17.3 Å². The van der Waals surface area contributed by atoms with Crippen LogP contribution in [0.4, 0.5) is 0 Å². The van der Waals surface area contributed by atoms with Crippen molar-refractivity contribution in [3.63, 3.8) is 0 Å². The molecular formula is C19H26N2O4. The summed E-state index contributed by atoms with van der Waals surface area (Å²) in [5.41, 5.74) is 1.40. The third-order valence-corrected chi connectivity index (χ3v) is 5.04. The molecule has 2 aliphatic rings. The van der Waals surface area contributed by atoms with E-state index >= 15 is 0 Å². The minimum absolute atomic E-state index is 0.0966. The molecule has 0 spiro atoms. The van der Waals surface area contributed by atoms with Crippen molar-refractivity contribution in [1.29, 1.82) is 0 Å². The number of nitrogens with zero attached hydrogens (tertiary/aromatic N) is 1. The molecule has 1 saturated heterocycles. The Morgan fingerprint density at radius 2 is 2.12 bits per heavy atom. The summed E-state index contributed by atoms with van der Waals surface area (Å²) in [5.74, 6) is 0.891. The zero-order valence-corrected chi connectivity index (χ0v) is 14.9. The molecule has 136 valence electrons. The second kappa shape index (κ2) is 7.87. The highest BCUT2D eigenvalue weighted by Gasteiger charge is 2.43. The Morgan fingerprint density at radius 1 is 1.36 bits per heavy atom. The van der Waals surface area contributed by atoms with Gasteiger partial charge < -0.3 is 19.6 Å². The van der Waals surface area contributed by atoms with Gasteiger partial charge in [-0.15, -0.1) is 0 Å². The van der Waals surface area contributed by atoms with E-state index in [4.69, 9.17) is 14.3 Å². The molecule has 0 saturated carbocycles. The summed E-state index contributed by atoms with van der Waals surface area (Å²) in [6.45, 7) is 3.81. The van der Waals surface area contributed by atoms with E-state index < -0.39 is 5.41 Å². The Labute approximate surface area is 148 Å². The molecule has 0 radical (unpaired) electrons. The molecule has 1 aromatic carbocycles. The third kappa shape index (κ3) is 3.79. The Morgan fingerprint density at radius 3 is 2.84 bits per heavy atom. The zero-order valence-electron chi connectivity index (χ0n) is 14.9. The van der Waals surface area contributed by atoms with Crippen LogP contribution in [-0.4, -0.2) is 44.6 Å². The minimum atomic E-state index is -0.426. The molecule has 0 aliphatic carbocycles. The van der Waals surface area contributed by atoms with Crippen LogP contribution in [0.15, 0.2) is 29.4 Å². The standard InChI is InChI=1S/C19H26N2O4/c1-3-20-18(22)19(8-10-24-11-9-19)13-14-12-16(21-25-14)15-6-4-5-7-17(15)23-2/h4-7,14H,3,8-13H2,1-2H3,(H,20,22)/t14-/m0/s1. The number of ether oxygens (including phenoxy) is 2. The van der Waals surface area contributed by atoms with Gasteiger partial charge in [-0.05, 0) is 31.9 Å². The number of methoxy groups -OCH3 is 1. The number of oxime groups is 1. The Kier molecular flexibility index (Phi) is 5.58. The molecule has 6 nitrogen and oxygen atoms in total. The van der Waals surface area contributed by atoms with Crippen molar-refractivity contribution in [2.45, 2.75) is 38.7 Å². The van der Waals surface area contributed by atoms with E-state index in [9.17, 15) is 4.79 Å². The van der Waals surface area contributed by atoms with Gasteiger partial charge in [0.2, 0.25) is 5.91 Å². The van der Waals surface area contributed by atoms with Crippen molar-refractivity contribution >= 4 is 11.6 Å². The largest absolute Gasteiger partial charge is 0.496 e. The summed E-state index contributed by atoms with van der Waals surface area (Å²) in [6.07, 6.45) is 2.69. The van der Waals surface area contributed by atoms with E-state index in [2.05, 4.69) is 10.5 Å². The van der Waals surface area contributed by atoms with Crippen molar-refractivity contribution in [2.75, 3.05) is 26.9 Å². The highest BCUT2D eigenvalue weighted by Crippen LogP contribution is 2.39. The van der Waals surface area contributed by atoms with Gasteiger partial charge in [0.25, 0.3) is 0 Å². The molecule has 3 rings (SSSR count). The van der Waals surface area contributed by atoms with Crippen LogP contribution in [0, 0.1) is 5.41 Å². The fourth-order valence-corrected chi connectivity index (χ4v) is 3.65. The van der Waals surface area contributed by atoms with E-state index in [1.165, 1.54) is 0 Å². The van der Waals surface area contributed by atoms with E-state index in [0.717, 1.165) is 29.9 Å². The Hall–Kier alpha value is -2.08. The molecule has 2 heterocycles. The van der Waals surface area contributed by atoms with Gasteiger partial charge in [-0.25, -0.2) is 0 Å². The maximum atomic E-state index is 12.7. The molecule has 0 aromatic heterocycles. The van der Waals surface area contributed by atoms with Crippen molar-refractivity contribution < 1.29 is 19.1 Å². The fourth-order valence-electron chi connectivity index (χ4n) is 3.65. The third-order valence-electron chi connectivity index (χ3n) is 5.04. The molecule has 1 atom stereocenters. The molecule has 0 bridgehead atoms. The molecule has 1 N–H and O–H groups in total. The second-order valence-electron chi connectivity index (χ2n) is 6.63. The monoisotopic (exact) mass is 346 g/mol. The average Bonchev–Trinajstić information content (AvgIpc) is 3.10. The van der Waals surface area contributed by atoms with Crippen LogP contribution < -0.4 is 10.1 Å². The molecule has 2 aliphatic heterocycles. The molecular weight excluding hydrogens is 320 g/mol. The fraction of sp³-hybridized carbons (Fsp3) is 0.579. The van der Waals surface area contributed by atoms with E-state index in [0.29, 0.717) is 32.6 Å². The second-order valence-corrected chi connectivity index (χ2v) is 6.63. The quantitative estimate of drug-likeness (QED) is 0.859. The lowest BCUT2D eigenvalue weighted by Crippen LogP contribution is -2.46. The summed E-state index contributed by atoms with van der Waals surface area (Å²) in [7, 11) is 1.65. The van der Waals surface area contributed by atoms with Crippen LogP contribution in [-0.2, 0) is 14.4 Å². The molecule has 6 heteroatoms. The van der Waals surface area contributed by atoms with Crippen LogP contribution >= 0.6 is 0 Å². The highest BCUT2D eigenvalue weighted by atomic mass is 16.6. The number of carbonyl (C=O) groups is 1. The van der Waals surface area contributed by atoms with Crippen molar-refractivity contribution in [3.8, 4) is 5.75 Å². The van der Waals surface area contributed by atoms with Gasteiger partial charge in [0.1, 0.15) is 11.9 Å². The average molecular weight is 346 g/mol. The first-order chi connectivity index (χ1) is 12.2. The normalized spacial score (nSPS) is 22.0. The van der Waals surface area contributed by atoms with Gasteiger partial charge in [-0.2, -0.15) is 0 Å². The van der Waals surface area contributed by atoms with Crippen LogP contribution in [0.2, 0.25) is 0 Å². The Balaban J connectivity index is 1.70. The topological polar surface area (TPSA) is 69.2 Å². The first-order valence-electron chi connectivity index (χ1n) is 8.90. The summed E-state index contributed by atoms with van der Waals surface area (Å²) >= 11 is 0. The lowest BCUT2D eigenvalue weighted by Gasteiger charge is -2.36. The number of hydrogen-bond donors (Lipinski definition) is 1. The maximum absolute atomic E-state index is 12.7. The first-order valence-corrected chi connectivity index (χ1v) is 8.90. The molecule has 1 fully saturated rings. The van der Waals surface area contributed by atoms with Crippen LogP contribution in [0.3, 0.4) is 0 Å².